The summed E-state index contributed by atoms with van der Waals surface area (Å²) in [5, 5.41) is 16.2. The van der Waals surface area contributed by atoms with Gasteiger partial charge in [0.2, 0.25) is 5.91 Å². The molecule has 0 aliphatic heterocycles. The number of anilines is 1. The SMILES string of the molecule is CCC(=O)NCCNc1ccc([N+](=O)[O-])cc1. The van der Waals surface area contributed by atoms with Gasteiger partial charge in [0, 0.05) is 37.3 Å². The molecule has 17 heavy (non-hydrogen) atoms. The van der Waals surface area contributed by atoms with Crippen molar-refractivity contribution in [2.24, 2.45) is 0 Å². The number of hydrogen-bond acceptors (Lipinski definition) is 4. The summed E-state index contributed by atoms with van der Waals surface area (Å²) in [5.74, 6) is 0.00972. The third kappa shape index (κ3) is 4.50. The first-order valence-corrected chi connectivity index (χ1v) is 5.38. The molecule has 1 aromatic carbocycles. The van der Waals surface area contributed by atoms with Gasteiger partial charge in [0.25, 0.3) is 5.69 Å². The first-order valence-electron chi connectivity index (χ1n) is 5.38. The van der Waals surface area contributed by atoms with E-state index in [9.17, 15) is 14.9 Å². The molecule has 0 aliphatic rings. The van der Waals surface area contributed by atoms with Gasteiger partial charge in [0.15, 0.2) is 0 Å². The molecule has 1 rings (SSSR count). The second-order valence-corrected chi connectivity index (χ2v) is 3.43. The molecule has 0 aromatic heterocycles. The van der Waals surface area contributed by atoms with Crippen LogP contribution in [-0.4, -0.2) is 23.9 Å². The number of nitro benzene ring substituents is 1. The molecule has 0 heterocycles. The Kier molecular flexibility index (Phi) is 4.93. The van der Waals surface area contributed by atoms with Crippen LogP contribution in [0, 0.1) is 10.1 Å². The molecule has 0 bridgehead atoms. The van der Waals surface area contributed by atoms with E-state index in [1.54, 1.807) is 19.1 Å². The third-order valence-electron chi connectivity index (χ3n) is 2.18. The Morgan fingerprint density at radius 1 is 1.29 bits per heavy atom. The fraction of sp³-hybridized carbons (Fsp3) is 0.364. The Balaban J connectivity index is 2.32. The highest BCUT2D eigenvalue weighted by molar-refractivity contribution is 5.75. The van der Waals surface area contributed by atoms with E-state index in [1.807, 2.05) is 0 Å². The van der Waals surface area contributed by atoms with Crippen molar-refractivity contribution < 1.29 is 9.72 Å². The maximum absolute atomic E-state index is 10.9. The molecule has 0 unspecified atom stereocenters. The lowest BCUT2D eigenvalue weighted by molar-refractivity contribution is -0.384. The van der Waals surface area contributed by atoms with E-state index >= 15 is 0 Å². The lowest BCUT2D eigenvalue weighted by Crippen LogP contribution is -2.27. The molecule has 1 aromatic rings. The van der Waals surface area contributed by atoms with Gasteiger partial charge in [0.05, 0.1) is 4.92 Å². The van der Waals surface area contributed by atoms with E-state index in [-0.39, 0.29) is 11.6 Å². The van der Waals surface area contributed by atoms with Crippen LogP contribution in [0.5, 0.6) is 0 Å². The molecular weight excluding hydrogens is 222 g/mol. The Morgan fingerprint density at radius 3 is 2.47 bits per heavy atom. The van der Waals surface area contributed by atoms with Crippen molar-refractivity contribution in [3.8, 4) is 0 Å². The molecule has 2 N–H and O–H groups in total. The number of non-ortho nitro benzene ring substituents is 1. The van der Waals surface area contributed by atoms with Gasteiger partial charge < -0.3 is 10.6 Å². The summed E-state index contributed by atoms with van der Waals surface area (Å²) in [5.41, 5.74) is 0.858. The Bertz CT molecular complexity index is 389. The molecule has 0 aliphatic carbocycles. The van der Waals surface area contributed by atoms with Crippen LogP contribution < -0.4 is 10.6 Å². The Labute approximate surface area is 99.2 Å². The van der Waals surface area contributed by atoms with Crippen LogP contribution >= 0.6 is 0 Å². The van der Waals surface area contributed by atoms with Gasteiger partial charge >= 0.3 is 0 Å². The van der Waals surface area contributed by atoms with Gasteiger partial charge in [-0.1, -0.05) is 6.92 Å². The summed E-state index contributed by atoms with van der Waals surface area (Å²) in [7, 11) is 0. The zero-order valence-electron chi connectivity index (χ0n) is 9.60. The molecule has 0 atom stereocenters. The van der Waals surface area contributed by atoms with E-state index < -0.39 is 4.92 Å². The van der Waals surface area contributed by atoms with Crippen LogP contribution in [0.15, 0.2) is 24.3 Å². The number of amides is 1. The van der Waals surface area contributed by atoms with E-state index in [2.05, 4.69) is 10.6 Å². The van der Waals surface area contributed by atoms with E-state index in [0.29, 0.717) is 19.5 Å². The number of nitro groups is 1. The number of rotatable bonds is 6. The van der Waals surface area contributed by atoms with E-state index in [4.69, 9.17) is 0 Å². The van der Waals surface area contributed by atoms with Crippen LogP contribution in [0.1, 0.15) is 13.3 Å². The van der Waals surface area contributed by atoms with Crippen LogP contribution in [0.25, 0.3) is 0 Å². The van der Waals surface area contributed by atoms with Gasteiger partial charge in [-0.25, -0.2) is 0 Å². The maximum Gasteiger partial charge on any atom is 0.269 e. The zero-order valence-corrected chi connectivity index (χ0v) is 9.60. The molecule has 0 radical (unpaired) electrons. The first-order chi connectivity index (χ1) is 8.13. The molecular formula is C11H15N3O3. The molecule has 0 spiro atoms. The molecule has 6 nitrogen and oxygen atoms in total. The van der Waals surface area contributed by atoms with Gasteiger partial charge in [-0.2, -0.15) is 0 Å². The molecule has 0 saturated carbocycles. The molecule has 6 heteroatoms. The van der Waals surface area contributed by atoms with Gasteiger partial charge in [-0.3, -0.25) is 14.9 Å². The number of carbonyl (C=O) groups excluding carboxylic acids is 1. The number of benzene rings is 1. The van der Waals surface area contributed by atoms with Crippen LogP contribution in [0.2, 0.25) is 0 Å². The number of carbonyl (C=O) groups is 1. The lowest BCUT2D eigenvalue weighted by atomic mass is 10.3. The van der Waals surface area contributed by atoms with Crippen LogP contribution in [0.4, 0.5) is 11.4 Å². The second kappa shape index (κ2) is 6.47. The fourth-order valence-electron chi connectivity index (χ4n) is 1.23. The maximum atomic E-state index is 10.9. The molecule has 0 saturated heterocycles. The molecule has 0 fully saturated rings. The predicted octanol–water partition coefficient (Wildman–Crippen LogP) is 1.53. The minimum absolute atomic E-state index is 0.00972. The first kappa shape index (κ1) is 13.0. The highest BCUT2D eigenvalue weighted by Gasteiger charge is 2.03. The second-order valence-electron chi connectivity index (χ2n) is 3.43. The fourth-order valence-corrected chi connectivity index (χ4v) is 1.23. The van der Waals surface area contributed by atoms with Gasteiger partial charge in [-0.15, -0.1) is 0 Å². The summed E-state index contributed by atoms with van der Waals surface area (Å²) in [6, 6.07) is 6.15. The van der Waals surface area contributed by atoms with Crippen molar-refractivity contribution >= 4 is 17.3 Å². The van der Waals surface area contributed by atoms with Crippen molar-refractivity contribution in [2.45, 2.75) is 13.3 Å². The summed E-state index contributed by atoms with van der Waals surface area (Å²) >= 11 is 0. The topological polar surface area (TPSA) is 84.3 Å². The van der Waals surface area contributed by atoms with E-state index in [1.165, 1.54) is 12.1 Å². The van der Waals surface area contributed by atoms with Crippen molar-refractivity contribution in [2.75, 3.05) is 18.4 Å². The quantitative estimate of drug-likeness (QED) is 0.446. The molecule has 1 amide bonds. The minimum Gasteiger partial charge on any atom is -0.383 e. The summed E-state index contributed by atoms with van der Waals surface area (Å²) in [6.45, 7) is 2.91. The smallest absolute Gasteiger partial charge is 0.269 e. The van der Waals surface area contributed by atoms with Gasteiger partial charge in [-0.05, 0) is 12.1 Å². The monoisotopic (exact) mass is 237 g/mol. The number of nitrogens with one attached hydrogen (secondary N) is 2. The third-order valence-corrected chi connectivity index (χ3v) is 2.18. The normalized spacial score (nSPS) is 9.71. The zero-order chi connectivity index (χ0) is 12.7. The van der Waals surface area contributed by atoms with Crippen LogP contribution in [0.3, 0.4) is 0 Å². The largest absolute Gasteiger partial charge is 0.383 e. The Hall–Kier alpha value is -2.11. The highest BCUT2D eigenvalue weighted by Crippen LogP contribution is 2.14. The Morgan fingerprint density at radius 2 is 1.94 bits per heavy atom. The van der Waals surface area contributed by atoms with Crippen molar-refractivity contribution in [3.05, 3.63) is 34.4 Å². The van der Waals surface area contributed by atoms with Crippen LogP contribution in [-0.2, 0) is 4.79 Å². The summed E-state index contributed by atoms with van der Waals surface area (Å²) < 4.78 is 0. The predicted molar refractivity (Wildman–Crippen MR) is 64.9 cm³/mol. The summed E-state index contributed by atoms with van der Waals surface area (Å²) in [6.07, 6.45) is 0.470. The average Bonchev–Trinajstić information content (AvgIpc) is 2.34. The van der Waals surface area contributed by atoms with E-state index in [0.717, 1.165) is 5.69 Å². The number of hydrogen-bond donors (Lipinski definition) is 2. The van der Waals surface area contributed by atoms with Crippen molar-refractivity contribution in [1.29, 1.82) is 0 Å². The van der Waals surface area contributed by atoms with Gasteiger partial charge in [0.1, 0.15) is 0 Å². The average molecular weight is 237 g/mol. The molecule has 92 valence electrons. The number of nitrogens with zero attached hydrogens (tertiary/aromatic N) is 1. The minimum atomic E-state index is -0.439. The standard InChI is InChI=1S/C11H15N3O3/c1-2-11(15)13-8-7-12-9-3-5-10(6-4-9)14(16)17/h3-6,12H,2,7-8H2,1H3,(H,13,15). The summed E-state index contributed by atoms with van der Waals surface area (Å²) in [4.78, 5) is 20.9. The van der Waals surface area contributed by atoms with Crippen molar-refractivity contribution in [3.63, 3.8) is 0 Å². The van der Waals surface area contributed by atoms with Crippen molar-refractivity contribution in [1.82, 2.24) is 5.32 Å². The highest BCUT2D eigenvalue weighted by atomic mass is 16.6. The lowest BCUT2D eigenvalue weighted by Gasteiger charge is -2.06.